The second-order valence-electron chi connectivity index (χ2n) is 10.4. The maximum absolute atomic E-state index is 15.6. The summed E-state index contributed by atoms with van der Waals surface area (Å²) in [4.78, 5) is 29.5. The number of rotatable bonds is 10. The Labute approximate surface area is 237 Å². The summed E-state index contributed by atoms with van der Waals surface area (Å²) in [5.74, 6) is 0.188. The Kier molecular flexibility index (Phi) is 9.09. The Hall–Kier alpha value is -3.64. The van der Waals surface area contributed by atoms with Gasteiger partial charge in [0.25, 0.3) is 6.43 Å². The van der Waals surface area contributed by atoms with E-state index >= 15 is 4.39 Å². The highest BCUT2D eigenvalue weighted by molar-refractivity contribution is 5.79. The molecule has 0 aliphatic carbocycles. The van der Waals surface area contributed by atoms with E-state index in [-0.39, 0.29) is 17.8 Å². The van der Waals surface area contributed by atoms with E-state index in [0.717, 1.165) is 37.8 Å². The number of nitrogens with one attached hydrogen (secondary N) is 2. The van der Waals surface area contributed by atoms with Crippen LogP contribution in [0.3, 0.4) is 0 Å². The molecule has 2 saturated heterocycles. The van der Waals surface area contributed by atoms with Crippen LogP contribution in [-0.4, -0.2) is 85.4 Å². The number of nitrogens with zero attached hydrogens (tertiary/aromatic N) is 5. The average molecular weight is 572 g/mol. The van der Waals surface area contributed by atoms with Gasteiger partial charge in [0.1, 0.15) is 5.82 Å². The average Bonchev–Trinajstić information content (AvgIpc) is 3.49. The molecule has 0 amide bonds. The number of hydrogen-bond donors (Lipinski definition) is 2. The summed E-state index contributed by atoms with van der Waals surface area (Å²) in [5, 5.41) is 3.36. The Balaban J connectivity index is 1.41. The molecule has 2 N–H and O–H groups in total. The summed E-state index contributed by atoms with van der Waals surface area (Å²) in [7, 11) is 2.09. The van der Waals surface area contributed by atoms with Crippen LogP contribution in [0.15, 0.2) is 41.6 Å². The lowest BCUT2D eigenvalue weighted by Crippen LogP contribution is -2.37. The quantitative estimate of drug-likeness (QED) is 0.379. The lowest BCUT2D eigenvalue weighted by Gasteiger charge is -2.27. The van der Waals surface area contributed by atoms with Gasteiger partial charge in [-0.25, -0.2) is 23.1 Å². The molecule has 0 radical (unpaired) electrons. The highest BCUT2D eigenvalue weighted by Gasteiger charge is 2.28. The van der Waals surface area contributed by atoms with Crippen molar-refractivity contribution in [3.05, 3.63) is 64.1 Å². The number of benzene rings is 1. The monoisotopic (exact) mass is 571 g/mol. The number of anilines is 3. The highest BCUT2D eigenvalue weighted by Crippen LogP contribution is 2.36. The highest BCUT2D eigenvalue weighted by atomic mass is 19.3. The molecule has 1 atom stereocenters. The Morgan fingerprint density at radius 3 is 2.61 bits per heavy atom. The van der Waals surface area contributed by atoms with Crippen LogP contribution in [0.1, 0.15) is 30.9 Å². The first kappa shape index (κ1) is 28.9. The van der Waals surface area contributed by atoms with Gasteiger partial charge in [0.2, 0.25) is 11.5 Å². The van der Waals surface area contributed by atoms with E-state index in [0.29, 0.717) is 67.2 Å². The van der Waals surface area contributed by atoms with Gasteiger partial charge in [0, 0.05) is 80.1 Å². The molecule has 220 valence electrons. The Morgan fingerprint density at radius 2 is 1.90 bits per heavy atom. The van der Waals surface area contributed by atoms with Crippen molar-refractivity contribution in [3.63, 3.8) is 0 Å². The zero-order valence-corrected chi connectivity index (χ0v) is 23.4. The van der Waals surface area contributed by atoms with Crippen LogP contribution in [0, 0.1) is 5.82 Å². The van der Waals surface area contributed by atoms with E-state index in [2.05, 4.69) is 44.0 Å². The number of pyridine rings is 1. The van der Waals surface area contributed by atoms with E-state index in [1.165, 1.54) is 12.3 Å². The van der Waals surface area contributed by atoms with Crippen molar-refractivity contribution in [1.82, 2.24) is 19.9 Å². The van der Waals surface area contributed by atoms with E-state index in [1.54, 1.807) is 18.5 Å². The van der Waals surface area contributed by atoms with Crippen molar-refractivity contribution in [1.29, 1.82) is 0 Å². The van der Waals surface area contributed by atoms with E-state index in [4.69, 9.17) is 4.74 Å². The van der Waals surface area contributed by atoms with E-state index in [1.807, 2.05) is 4.90 Å². The lowest BCUT2D eigenvalue weighted by atomic mass is 10.0. The van der Waals surface area contributed by atoms with Crippen molar-refractivity contribution < 1.29 is 17.9 Å². The number of hydrogen-bond acceptors (Lipinski definition) is 8. The normalized spacial score (nSPS) is 17.6. The molecule has 1 aromatic carbocycles. The lowest BCUT2D eigenvalue weighted by molar-refractivity contribution is 0.122. The van der Waals surface area contributed by atoms with Crippen LogP contribution in [0.5, 0.6) is 0 Å². The molecule has 3 aromatic rings. The standard InChI is InChI=1S/C29H36F3N7O2/c1-3-37(2)21-5-7-39(18-21)26-14-24(30)22(20-16-35-29(36-17-20)38-8-10-41-11-9-38)12-25(26)33-6-4-19-15-34-27(40)13-23(19)28(31)32/h12-17,21,28,33H,3-11,18H2,1-2H3,(H,34,40)/t21-/m0/s1. The van der Waals surface area contributed by atoms with Gasteiger partial charge in [0.15, 0.2) is 0 Å². The minimum absolute atomic E-state index is 0.251. The number of halogens is 3. The first-order valence-electron chi connectivity index (χ1n) is 14.0. The zero-order chi connectivity index (χ0) is 28.9. The molecule has 0 bridgehead atoms. The summed E-state index contributed by atoms with van der Waals surface area (Å²) < 4.78 is 48.1. The summed E-state index contributed by atoms with van der Waals surface area (Å²) in [5.41, 5.74) is 1.82. The van der Waals surface area contributed by atoms with Crippen molar-refractivity contribution in [2.45, 2.75) is 32.2 Å². The predicted octanol–water partition coefficient (Wildman–Crippen LogP) is 3.93. The largest absolute Gasteiger partial charge is 0.383 e. The number of alkyl halides is 2. The molecule has 0 spiro atoms. The number of aromatic nitrogens is 3. The number of ether oxygens (including phenoxy) is 1. The van der Waals surface area contributed by atoms with Gasteiger partial charge in [-0.05, 0) is 44.1 Å². The molecule has 2 fully saturated rings. The van der Waals surface area contributed by atoms with Gasteiger partial charge in [-0.1, -0.05) is 6.92 Å². The molecule has 2 aromatic heterocycles. The van der Waals surface area contributed by atoms with Crippen LogP contribution >= 0.6 is 0 Å². The molecule has 41 heavy (non-hydrogen) atoms. The minimum Gasteiger partial charge on any atom is -0.383 e. The van der Waals surface area contributed by atoms with Crippen LogP contribution < -0.4 is 20.7 Å². The third kappa shape index (κ3) is 6.65. The molecule has 2 aliphatic heterocycles. The fraction of sp³-hybridized carbons (Fsp3) is 0.483. The SMILES string of the molecule is CCN(C)[C@H]1CCN(c2cc(F)c(-c3cnc(N4CCOCC4)nc3)cc2NCCc2c[nH]c(=O)cc2C(F)F)C1. The number of H-pyrrole nitrogens is 1. The van der Waals surface area contributed by atoms with Gasteiger partial charge in [0.05, 0.1) is 24.6 Å². The smallest absolute Gasteiger partial charge is 0.264 e. The molecule has 9 nitrogen and oxygen atoms in total. The van der Waals surface area contributed by atoms with Crippen LogP contribution in [0.4, 0.5) is 30.5 Å². The van der Waals surface area contributed by atoms with Gasteiger partial charge >= 0.3 is 0 Å². The van der Waals surface area contributed by atoms with Gasteiger partial charge in [-0.15, -0.1) is 0 Å². The topological polar surface area (TPSA) is 89.6 Å². The van der Waals surface area contributed by atoms with Crippen LogP contribution in [-0.2, 0) is 11.2 Å². The maximum Gasteiger partial charge on any atom is 0.264 e. The second-order valence-corrected chi connectivity index (χ2v) is 10.4. The molecular formula is C29H36F3N7O2. The predicted molar refractivity (Wildman–Crippen MR) is 154 cm³/mol. The maximum atomic E-state index is 15.6. The first-order valence-corrected chi connectivity index (χ1v) is 14.0. The van der Waals surface area contributed by atoms with Gasteiger partial charge < -0.3 is 29.7 Å². The fourth-order valence-electron chi connectivity index (χ4n) is 5.42. The third-order valence-corrected chi connectivity index (χ3v) is 7.95. The van der Waals surface area contributed by atoms with Crippen molar-refractivity contribution >= 4 is 17.3 Å². The third-order valence-electron chi connectivity index (χ3n) is 7.95. The van der Waals surface area contributed by atoms with Crippen LogP contribution in [0.25, 0.3) is 11.1 Å². The van der Waals surface area contributed by atoms with Crippen molar-refractivity contribution in [2.24, 2.45) is 0 Å². The summed E-state index contributed by atoms with van der Waals surface area (Å²) >= 11 is 0. The molecule has 5 rings (SSSR count). The number of aromatic amines is 1. The molecular weight excluding hydrogens is 535 g/mol. The number of likely N-dealkylation sites (N-methyl/N-ethyl adjacent to an activating group) is 1. The Morgan fingerprint density at radius 1 is 1.15 bits per heavy atom. The van der Waals surface area contributed by atoms with Crippen LogP contribution in [0.2, 0.25) is 0 Å². The molecule has 12 heteroatoms. The minimum atomic E-state index is -2.75. The number of morpholine rings is 1. The molecule has 0 unspecified atom stereocenters. The fourth-order valence-corrected chi connectivity index (χ4v) is 5.42. The zero-order valence-electron chi connectivity index (χ0n) is 23.4. The first-order chi connectivity index (χ1) is 19.8. The van der Waals surface area contributed by atoms with Crippen molar-refractivity contribution in [2.75, 3.05) is 74.6 Å². The van der Waals surface area contributed by atoms with Gasteiger partial charge in [-0.2, -0.15) is 0 Å². The van der Waals surface area contributed by atoms with Gasteiger partial charge in [-0.3, -0.25) is 4.79 Å². The molecule has 2 aliphatic rings. The van der Waals surface area contributed by atoms with E-state index < -0.39 is 12.0 Å². The van der Waals surface area contributed by atoms with E-state index in [9.17, 15) is 13.6 Å². The summed E-state index contributed by atoms with van der Waals surface area (Å²) in [6.45, 7) is 7.48. The second kappa shape index (κ2) is 12.9. The molecule has 4 heterocycles. The summed E-state index contributed by atoms with van der Waals surface area (Å²) in [6, 6.07) is 4.57. The summed E-state index contributed by atoms with van der Waals surface area (Å²) in [6.07, 6.45) is 3.04. The molecule has 0 saturated carbocycles. The Bertz CT molecular complexity index is 1380. The van der Waals surface area contributed by atoms with Crippen molar-refractivity contribution in [3.8, 4) is 11.1 Å².